The molecule has 0 amide bonds. The van der Waals surface area contributed by atoms with Gasteiger partial charge < -0.3 is 24.8 Å². The summed E-state index contributed by atoms with van der Waals surface area (Å²) in [6.45, 7) is 5.81. The number of fused-ring (bicyclic) bond motifs is 1. The molecule has 8 nitrogen and oxygen atoms in total. The molecule has 0 aliphatic carbocycles. The molecular formula is C22H31N5O3. The van der Waals surface area contributed by atoms with Crippen LogP contribution in [0.3, 0.4) is 0 Å². The fraction of sp³-hybridized carbons (Fsp3) is 0.500. The van der Waals surface area contributed by atoms with Gasteiger partial charge in [-0.15, -0.1) is 0 Å². The van der Waals surface area contributed by atoms with Crippen molar-refractivity contribution < 1.29 is 14.2 Å². The van der Waals surface area contributed by atoms with Gasteiger partial charge in [0.2, 0.25) is 6.79 Å². The second kappa shape index (κ2) is 8.67. The van der Waals surface area contributed by atoms with Crippen molar-refractivity contribution in [1.82, 2.24) is 15.5 Å². The maximum atomic E-state index is 6.76. The molecule has 0 fully saturated rings. The lowest BCUT2D eigenvalue weighted by Gasteiger charge is -2.37. The van der Waals surface area contributed by atoms with Crippen molar-refractivity contribution in [1.29, 1.82) is 0 Å². The molecule has 0 saturated carbocycles. The zero-order valence-corrected chi connectivity index (χ0v) is 18.0. The predicted octanol–water partition coefficient (Wildman–Crippen LogP) is 1.73. The molecule has 1 unspecified atom stereocenters. The van der Waals surface area contributed by atoms with Crippen LogP contribution in [0.2, 0.25) is 0 Å². The average Bonchev–Trinajstić information content (AvgIpc) is 3.09. The summed E-state index contributed by atoms with van der Waals surface area (Å²) in [6.07, 6.45) is 6.27. The SMILES string of the molecule is CN=C1C=C(C)NC(N)(c2cc3c(c(C4=CCN(CCOC)CCC4)c2)OCO3)N1. The van der Waals surface area contributed by atoms with Gasteiger partial charge in [0, 0.05) is 44.1 Å². The highest BCUT2D eigenvalue weighted by molar-refractivity contribution is 5.95. The third kappa shape index (κ3) is 4.16. The molecule has 8 heteroatoms. The number of nitrogens with one attached hydrogen (secondary N) is 2. The Morgan fingerprint density at radius 1 is 1.30 bits per heavy atom. The number of benzene rings is 1. The fourth-order valence-corrected chi connectivity index (χ4v) is 4.16. The number of rotatable bonds is 5. The minimum atomic E-state index is -0.987. The number of amidine groups is 1. The van der Waals surface area contributed by atoms with Crippen molar-refractivity contribution in [3.05, 3.63) is 41.1 Å². The maximum absolute atomic E-state index is 6.76. The fourth-order valence-electron chi connectivity index (χ4n) is 4.16. The number of hydrogen-bond acceptors (Lipinski definition) is 7. The molecule has 0 bridgehead atoms. The smallest absolute Gasteiger partial charge is 0.231 e. The topological polar surface area (TPSA) is 93.4 Å². The zero-order chi connectivity index (χ0) is 21.1. The first kappa shape index (κ1) is 20.7. The Balaban J connectivity index is 1.69. The van der Waals surface area contributed by atoms with E-state index < -0.39 is 5.79 Å². The number of aliphatic imine (C=N–C) groups is 1. The molecule has 4 N–H and O–H groups in total. The summed E-state index contributed by atoms with van der Waals surface area (Å²) in [4.78, 5) is 6.68. The Morgan fingerprint density at radius 2 is 2.17 bits per heavy atom. The molecule has 4 rings (SSSR count). The summed E-state index contributed by atoms with van der Waals surface area (Å²) in [6, 6.07) is 4.05. The first-order chi connectivity index (χ1) is 14.5. The van der Waals surface area contributed by atoms with Gasteiger partial charge in [-0.1, -0.05) is 6.08 Å². The third-order valence-electron chi connectivity index (χ3n) is 5.72. The molecule has 0 radical (unpaired) electrons. The molecule has 0 aromatic heterocycles. The average molecular weight is 414 g/mol. The summed E-state index contributed by atoms with van der Waals surface area (Å²) in [5.74, 6) is 1.26. The van der Waals surface area contributed by atoms with Crippen molar-refractivity contribution in [3.8, 4) is 11.5 Å². The van der Waals surface area contributed by atoms with Crippen LogP contribution in [0.5, 0.6) is 11.5 Å². The quantitative estimate of drug-likeness (QED) is 0.677. The molecule has 1 aromatic rings. The summed E-state index contributed by atoms with van der Waals surface area (Å²) < 4.78 is 16.8. The summed E-state index contributed by atoms with van der Waals surface area (Å²) in [5, 5.41) is 6.64. The van der Waals surface area contributed by atoms with Crippen molar-refractivity contribution in [2.75, 3.05) is 47.2 Å². The second-order valence-corrected chi connectivity index (χ2v) is 7.88. The van der Waals surface area contributed by atoms with Crippen LogP contribution >= 0.6 is 0 Å². The molecule has 3 heterocycles. The van der Waals surface area contributed by atoms with Gasteiger partial charge in [-0.25, -0.2) is 0 Å². The van der Waals surface area contributed by atoms with E-state index in [-0.39, 0.29) is 6.79 Å². The van der Waals surface area contributed by atoms with E-state index in [0.717, 1.165) is 73.2 Å². The van der Waals surface area contributed by atoms with E-state index in [4.69, 9.17) is 19.9 Å². The van der Waals surface area contributed by atoms with Crippen LogP contribution in [-0.2, 0) is 10.5 Å². The number of hydrogen-bond donors (Lipinski definition) is 3. The summed E-state index contributed by atoms with van der Waals surface area (Å²) >= 11 is 0. The molecule has 162 valence electrons. The Labute approximate surface area is 177 Å². The van der Waals surface area contributed by atoms with Crippen LogP contribution < -0.4 is 25.8 Å². The second-order valence-electron chi connectivity index (χ2n) is 7.88. The minimum Gasteiger partial charge on any atom is -0.454 e. The van der Waals surface area contributed by atoms with Crippen LogP contribution in [0.4, 0.5) is 0 Å². The largest absolute Gasteiger partial charge is 0.454 e. The van der Waals surface area contributed by atoms with Crippen LogP contribution in [0, 0.1) is 0 Å². The molecular weight excluding hydrogens is 382 g/mol. The van der Waals surface area contributed by atoms with E-state index in [2.05, 4.69) is 32.7 Å². The van der Waals surface area contributed by atoms with Crippen LogP contribution in [-0.4, -0.2) is 57.9 Å². The molecule has 0 saturated heterocycles. The van der Waals surface area contributed by atoms with Gasteiger partial charge >= 0.3 is 0 Å². The van der Waals surface area contributed by atoms with Gasteiger partial charge in [-0.3, -0.25) is 15.6 Å². The van der Waals surface area contributed by atoms with Crippen LogP contribution in [0.15, 0.2) is 35.0 Å². The molecule has 1 aromatic carbocycles. The Kier molecular flexibility index (Phi) is 5.99. The van der Waals surface area contributed by atoms with Gasteiger partial charge in [-0.2, -0.15) is 0 Å². The summed E-state index contributed by atoms with van der Waals surface area (Å²) in [5.41, 5.74) is 10.9. The zero-order valence-electron chi connectivity index (χ0n) is 18.0. The van der Waals surface area contributed by atoms with E-state index in [0.29, 0.717) is 0 Å². The lowest BCUT2D eigenvalue weighted by Crippen LogP contribution is -2.64. The van der Waals surface area contributed by atoms with Crippen molar-refractivity contribution in [2.45, 2.75) is 25.6 Å². The Hall–Kier alpha value is -2.55. The highest BCUT2D eigenvalue weighted by atomic mass is 16.7. The van der Waals surface area contributed by atoms with E-state index in [1.54, 1.807) is 14.2 Å². The van der Waals surface area contributed by atoms with Crippen molar-refractivity contribution >= 4 is 11.4 Å². The van der Waals surface area contributed by atoms with Crippen molar-refractivity contribution in [2.24, 2.45) is 10.7 Å². The number of nitrogens with zero attached hydrogens (tertiary/aromatic N) is 2. The van der Waals surface area contributed by atoms with Crippen molar-refractivity contribution in [3.63, 3.8) is 0 Å². The van der Waals surface area contributed by atoms with Crippen LogP contribution in [0.1, 0.15) is 30.9 Å². The lowest BCUT2D eigenvalue weighted by atomic mass is 9.94. The number of ether oxygens (including phenoxy) is 3. The molecule has 3 aliphatic rings. The third-order valence-corrected chi connectivity index (χ3v) is 5.72. The number of methoxy groups -OCH3 is 1. The molecule has 30 heavy (non-hydrogen) atoms. The Morgan fingerprint density at radius 3 is 2.97 bits per heavy atom. The van der Waals surface area contributed by atoms with Gasteiger partial charge in [0.1, 0.15) is 5.84 Å². The number of nitrogens with two attached hydrogens (primary N) is 1. The van der Waals surface area contributed by atoms with E-state index in [1.807, 2.05) is 19.1 Å². The monoisotopic (exact) mass is 413 g/mol. The highest BCUT2D eigenvalue weighted by Crippen LogP contribution is 2.43. The van der Waals surface area contributed by atoms with E-state index >= 15 is 0 Å². The predicted molar refractivity (Wildman–Crippen MR) is 117 cm³/mol. The molecule has 0 spiro atoms. The van der Waals surface area contributed by atoms with Gasteiger partial charge in [-0.05, 0) is 50.1 Å². The lowest BCUT2D eigenvalue weighted by molar-refractivity contribution is 0.155. The van der Waals surface area contributed by atoms with Gasteiger partial charge in [0.15, 0.2) is 17.3 Å². The molecule has 1 atom stereocenters. The number of allylic oxidation sites excluding steroid dienone is 2. The van der Waals surface area contributed by atoms with Crippen LogP contribution in [0.25, 0.3) is 5.57 Å². The standard InChI is InChI=1S/C22H31N5O3/c1-15-11-20(24-2)26-22(23,25-15)17-12-18(21-19(13-17)29-14-30-21)16-5-4-7-27(8-6-16)9-10-28-3/h6,11-13,25H,4-5,7-10,14,23H2,1-3H3,(H,24,26). The Bertz CT molecular complexity index is 895. The maximum Gasteiger partial charge on any atom is 0.231 e. The van der Waals surface area contributed by atoms with E-state index in [9.17, 15) is 0 Å². The minimum absolute atomic E-state index is 0.220. The highest BCUT2D eigenvalue weighted by Gasteiger charge is 2.34. The normalized spacial score (nSPS) is 25.3. The van der Waals surface area contributed by atoms with Gasteiger partial charge in [0.05, 0.1) is 6.61 Å². The van der Waals surface area contributed by atoms with Gasteiger partial charge in [0.25, 0.3) is 0 Å². The first-order valence-corrected chi connectivity index (χ1v) is 10.4. The van der Waals surface area contributed by atoms with E-state index in [1.165, 1.54) is 5.57 Å². The first-order valence-electron chi connectivity index (χ1n) is 10.4. The summed E-state index contributed by atoms with van der Waals surface area (Å²) in [7, 11) is 3.49. The molecule has 3 aliphatic heterocycles.